The van der Waals surface area contributed by atoms with Crippen molar-refractivity contribution >= 4 is 11.9 Å². The molecule has 0 amide bonds. The Balaban J connectivity index is 1.99. The van der Waals surface area contributed by atoms with Gasteiger partial charge in [-0.3, -0.25) is 9.59 Å². The number of carbonyl (C=O) groups is 2. The maximum atomic E-state index is 12.2. The third-order valence-corrected chi connectivity index (χ3v) is 4.77. The molecule has 4 nitrogen and oxygen atoms in total. The Morgan fingerprint density at radius 1 is 1.05 bits per heavy atom. The van der Waals surface area contributed by atoms with Crippen LogP contribution in [0.3, 0.4) is 0 Å². The standard InChI is InChI=1S/C16H14O4/c1-9-8-15(2)12-11(13(17)19-15)14(18)20-16(9,12)10-6-4-3-5-7-10/h3-8,11-12H,1-2H3/t11-,12+,15+,16+/m1/s1. The summed E-state index contributed by atoms with van der Waals surface area (Å²) in [6, 6.07) is 9.60. The Hall–Kier alpha value is -2.10. The van der Waals surface area contributed by atoms with Gasteiger partial charge in [0.1, 0.15) is 5.60 Å². The first kappa shape index (κ1) is 11.7. The lowest BCUT2D eigenvalue weighted by Gasteiger charge is -2.32. The van der Waals surface area contributed by atoms with E-state index < -0.39 is 29.1 Å². The zero-order chi connectivity index (χ0) is 14.1. The summed E-state index contributed by atoms with van der Waals surface area (Å²) >= 11 is 0. The lowest BCUT2D eigenvalue weighted by molar-refractivity contribution is -0.161. The maximum Gasteiger partial charge on any atom is 0.322 e. The average molecular weight is 270 g/mol. The van der Waals surface area contributed by atoms with E-state index in [9.17, 15) is 9.59 Å². The number of carbonyl (C=O) groups excluding carboxylic acids is 2. The number of benzene rings is 1. The van der Waals surface area contributed by atoms with E-state index in [1.54, 1.807) is 0 Å². The SMILES string of the molecule is CC1=C[C@]2(C)OC(=O)[C@@H]3C(=O)O[C@@]1(c1ccccc1)[C@@H]32. The second kappa shape index (κ2) is 3.32. The normalized spacial score (nSPS) is 41.2. The average Bonchev–Trinajstić information content (AvgIpc) is 2.94. The van der Waals surface area contributed by atoms with Gasteiger partial charge in [0, 0.05) is 5.56 Å². The summed E-state index contributed by atoms with van der Waals surface area (Å²) in [5.41, 5.74) is 0.216. The second-order valence-electron chi connectivity index (χ2n) is 5.91. The van der Waals surface area contributed by atoms with Crippen LogP contribution in [-0.2, 0) is 24.7 Å². The Morgan fingerprint density at radius 3 is 2.40 bits per heavy atom. The van der Waals surface area contributed by atoms with Gasteiger partial charge in [0.05, 0.1) is 5.92 Å². The van der Waals surface area contributed by atoms with E-state index in [-0.39, 0.29) is 5.92 Å². The largest absolute Gasteiger partial charge is 0.454 e. The van der Waals surface area contributed by atoms with Gasteiger partial charge in [-0.15, -0.1) is 0 Å². The van der Waals surface area contributed by atoms with Crippen LogP contribution in [0.2, 0.25) is 0 Å². The van der Waals surface area contributed by atoms with Gasteiger partial charge in [0.2, 0.25) is 0 Å². The summed E-state index contributed by atoms with van der Waals surface area (Å²) in [6.07, 6.45) is 1.93. The summed E-state index contributed by atoms with van der Waals surface area (Å²) in [5.74, 6) is -2.06. The van der Waals surface area contributed by atoms with E-state index in [1.165, 1.54) is 0 Å². The zero-order valence-electron chi connectivity index (χ0n) is 11.3. The van der Waals surface area contributed by atoms with Gasteiger partial charge < -0.3 is 9.47 Å². The molecular weight excluding hydrogens is 256 g/mol. The minimum atomic E-state index is -0.857. The fraction of sp³-hybridized carbons (Fsp3) is 0.375. The van der Waals surface area contributed by atoms with E-state index in [2.05, 4.69) is 0 Å². The van der Waals surface area contributed by atoms with Gasteiger partial charge in [-0.25, -0.2) is 0 Å². The van der Waals surface area contributed by atoms with Gasteiger partial charge in [-0.1, -0.05) is 30.3 Å². The van der Waals surface area contributed by atoms with Crippen molar-refractivity contribution in [2.45, 2.75) is 25.0 Å². The number of esters is 2. The van der Waals surface area contributed by atoms with Crippen LogP contribution in [0.5, 0.6) is 0 Å². The molecule has 0 spiro atoms. The maximum absolute atomic E-state index is 12.2. The van der Waals surface area contributed by atoms with Crippen molar-refractivity contribution in [3.63, 3.8) is 0 Å². The number of hydrogen-bond donors (Lipinski definition) is 0. The summed E-state index contributed by atoms with van der Waals surface area (Å²) in [6.45, 7) is 3.78. The molecule has 2 heterocycles. The van der Waals surface area contributed by atoms with E-state index in [0.717, 1.165) is 11.1 Å². The van der Waals surface area contributed by atoms with Crippen LogP contribution < -0.4 is 0 Å². The van der Waals surface area contributed by atoms with E-state index >= 15 is 0 Å². The predicted molar refractivity (Wildman–Crippen MR) is 69.4 cm³/mol. The molecule has 2 aliphatic heterocycles. The molecule has 2 fully saturated rings. The molecule has 4 heteroatoms. The molecular formula is C16H14O4. The molecule has 1 aromatic carbocycles. The van der Waals surface area contributed by atoms with Crippen molar-refractivity contribution in [1.29, 1.82) is 0 Å². The Bertz CT molecular complexity index is 662. The minimum absolute atomic E-state index is 0.308. The van der Waals surface area contributed by atoms with Crippen molar-refractivity contribution in [3.8, 4) is 0 Å². The Kier molecular flexibility index (Phi) is 1.94. The van der Waals surface area contributed by atoms with Crippen LogP contribution in [0.1, 0.15) is 19.4 Å². The van der Waals surface area contributed by atoms with Crippen molar-refractivity contribution in [3.05, 3.63) is 47.5 Å². The topological polar surface area (TPSA) is 52.6 Å². The molecule has 0 unspecified atom stereocenters. The van der Waals surface area contributed by atoms with E-state index in [1.807, 2.05) is 50.3 Å². The van der Waals surface area contributed by atoms with Gasteiger partial charge in [-0.05, 0) is 25.5 Å². The lowest BCUT2D eigenvalue weighted by atomic mass is 9.73. The third kappa shape index (κ3) is 1.09. The van der Waals surface area contributed by atoms with E-state index in [4.69, 9.17) is 9.47 Å². The molecule has 4 atom stereocenters. The third-order valence-electron chi connectivity index (χ3n) is 4.77. The molecule has 0 saturated carbocycles. The van der Waals surface area contributed by atoms with Crippen molar-refractivity contribution < 1.29 is 19.1 Å². The first-order valence-corrected chi connectivity index (χ1v) is 6.70. The minimum Gasteiger partial charge on any atom is -0.454 e. The molecule has 0 aromatic heterocycles. The van der Waals surface area contributed by atoms with Crippen LogP contribution in [0.15, 0.2) is 42.0 Å². The highest BCUT2D eigenvalue weighted by atomic mass is 16.6. The van der Waals surface area contributed by atoms with Gasteiger partial charge in [0.25, 0.3) is 0 Å². The van der Waals surface area contributed by atoms with E-state index in [0.29, 0.717) is 0 Å². The second-order valence-corrected chi connectivity index (χ2v) is 5.91. The van der Waals surface area contributed by atoms with Crippen LogP contribution in [0.4, 0.5) is 0 Å². The Labute approximate surface area is 116 Å². The summed E-state index contributed by atoms with van der Waals surface area (Å²) in [5, 5.41) is 0. The molecule has 1 aliphatic carbocycles. The Morgan fingerprint density at radius 2 is 1.70 bits per heavy atom. The summed E-state index contributed by atoms with van der Waals surface area (Å²) in [7, 11) is 0. The van der Waals surface area contributed by atoms with Crippen LogP contribution >= 0.6 is 0 Å². The molecule has 1 aromatic rings. The highest BCUT2D eigenvalue weighted by molar-refractivity contribution is 6.00. The lowest BCUT2D eigenvalue weighted by Crippen LogP contribution is -2.39. The van der Waals surface area contributed by atoms with Gasteiger partial charge in [-0.2, -0.15) is 0 Å². The van der Waals surface area contributed by atoms with Crippen LogP contribution in [-0.4, -0.2) is 17.5 Å². The predicted octanol–water partition coefficient (Wildman–Crippen LogP) is 1.95. The monoisotopic (exact) mass is 270 g/mol. The molecule has 20 heavy (non-hydrogen) atoms. The summed E-state index contributed by atoms with van der Waals surface area (Å²) < 4.78 is 11.2. The first-order valence-electron chi connectivity index (χ1n) is 6.70. The number of ether oxygens (including phenoxy) is 2. The first-order chi connectivity index (χ1) is 9.49. The molecule has 0 N–H and O–H groups in total. The fourth-order valence-electron chi connectivity index (χ4n) is 4.10. The molecule has 4 rings (SSSR count). The van der Waals surface area contributed by atoms with Crippen molar-refractivity contribution in [1.82, 2.24) is 0 Å². The molecule has 3 aliphatic rings. The fourth-order valence-corrected chi connectivity index (χ4v) is 4.10. The molecule has 2 saturated heterocycles. The summed E-state index contributed by atoms with van der Waals surface area (Å²) in [4.78, 5) is 24.2. The molecule has 0 radical (unpaired) electrons. The van der Waals surface area contributed by atoms with Gasteiger partial charge in [0.15, 0.2) is 11.5 Å². The van der Waals surface area contributed by atoms with Gasteiger partial charge >= 0.3 is 11.9 Å². The van der Waals surface area contributed by atoms with Crippen molar-refractivity contribution in [2.75, 3.05) is 0 Å². The van der Waals surface area contributed by atoms with Crippen molar-refractivity contribution in [2.24, 2.45) is 11.8 Å². The molecule has 0 bridgehead atoms. The zero-order valence-corrected chi connectivity index (χ0v) is 11.3. The highest BCUT2D eigenvalue weighted by Crippen LogP contribution is 2.62. The quantitative estimate of drug-likeness (QED) is 0.444. The van der Waals surface area contributed by atoms with Crippen LogP contribution in [0, 0.1) is 11.8 Å². The number of hydrogen-bond acceptors (Lipinski definition) is 4. The molecule has 102 valence electrons. The number of rotatable bonds is 1. The van der Waals surface area contributed by atoms with Crippen LogP contribution in [0.25, 0.3) is 0 Å². The highest BCUT2D eigenvalue weighted by Gasteiger charge is 2.74. The smallest absolute Gasteiger partial charge is 0.322 e.